The maximum absolute atomic E-state index is 11.6. The van der Waals surface area contributed by atoms with Crippen LogP contribution in [-0.2, 0) is 7.05 Å². The molecule has 1 heterocycles. The first-order valence-corrected chi connectivity index (χ1v) is 4.67. The molecule has 0 saturated heterocycles. The van der Waals surface area contributed by atoms with Crippen LogP contribution in [0.25, 0.3) is 10.9 Å². The summed E-state index contributed by atoms with van der Waals surface area (Å²) >= 11 is 0. The van der Waals surface area contributed by atoms with Gasteiger partial charge in [-0.15, -0.1) is 0 Å². The Bertz CT molecular complexity index is 552. The average Bonchev–Trinajstić information content (AvgIpc) is 2.14. The third-order valence-electron chi connectivity index (χ3n) is 2.67. The summed E-state index contributed by atoms with van der Waals surface area (Å²) in [4.78, 5) is 11.6. The standard InChI is InChI=1S/C12H13NO/c1-8-5-4-6-10-9(2)7-11(14)13(3)12(8)10/h4-7H,1-3H3. The molecule has 0 atom stereocenters. The minimum absolute atomic E-state index is 0.0595. The van der Waals surface area contributed by atoms with E-state index < -0.39 is 0 Å². The number of hydrogen-bond donors (Lipinski definition) is 0. The largest absolute Gasteiger partial charge is 0.311 e. The second-order valence-electron chi connectivity index (χ2n) is 3.70. The molecule has 2 rings (SSSR count). The van der Waals surface area contributed by atoms with Gasteiger partial charge in [0.25, 0.3) is 5.56 Å². The van der Waals surface area contributed by atoms with Crippen LogP contribution in [0.3, 0.4) is 0 Å². The van der Waals surface area contributed by atoms with Gasteiger partial charge in [-0.05, 0) is 25.0 Å². The second-order valence-corrected chi connectivity index (χ2v) is 3.70. The first-order valence-electron chi connectivity index (χ1n) is 4.67. The van der Waals surface area contributed by atoms with Crippen molar-refractivity contribution in [2.75, 3.05) is 0 Å². The lowest BCUT2D eigenvalue weighted by Crippen LogP contribution is -2.17. The van der Waals surface area contributed by atoms with Crippen LogP contribution >= 0.6 is 0 Å². The fourth-order valence-electron chi connectivity index (χ4n) is 1.89. The predicted octanol–water partition coefficient (Wildman–Crippen LogP) is 2.16. The van der Waals surface area contributed by atoms with Crippen molar-refractivity contribution in [1.82, 2.24) is 4.57 Å². The molecule has 2 heteroatoms. The summed E-state index contributed by atoms with van der Waals surface area (Å²) in [7, 11) is 1.82. The van der Waals surface area contributed by atoms with Crippen LogP contribution in [0.1, 0.15) is 11.1 Å². The highest BCUT2D eigenvalue weighted by Gasteiger charge is 2.04. The number of nitrogens with zero attached hydrogens (tertiary/aromatic N) is 1. The van der Waals surface area contributed by atoms with Gasteiger partial charge in [0, 0.05) is 18.5 Å². The SMILES string of the molecule is Cc1cc(=O)n(C)c2c(C)cccc12. The average molecular weight is 187 g/mol. The highest BCUT2D eigenvalue weighted by molar-refractivity contribution is 5.85. The van der Waals surface area contributed by atoms with Gasteiger partial charge in [0.05, 0.1) is 5.52 Å². The summed E-state index contributed by atoms with van der Waals surface area (Å²) in [5.74, 6) is 0. The Balaban J connectivity index is 3.11. The summed E-state index contributed by atoms with van der Waals surface area (Å²) in [5.41, 5.74) is 3.29. The molecular formula is C12H13NO. The number of benzene rings is 1. The lowest BCUT2D eigenvalue weighted by molar-refractivity contribution is 0.899. The summed E-state index contributed by atoms with van der Waals surface area (Å²) in [6.07, 6.45) is 0. The van der Waals surface area contributed by atoms with Crippen molar-refractivity contribution in [2.24, 2.45) is 7.05 Å². The fourth-order valence-corrected chi connectivity index (χ4v) is 1.89. The van der Waals surface area contributed by atoms with E-state index in [0.29, 0.717) is 0 Å². The first kappa shape index (κ1) is 9.00. The van der Waals surface area contributed by atoms with Crippen molar-refractivity contribution < 1.29 is 0 Å². The number of pyridine rings is 1. The van der Waals surface area contributed by atoms with E-state index in [9.17, 15) is 4.79 Å². The maximum Gasteiger partial charge on any atom is 0.251 e. The minimum atomic E-state index is 0.0595. The number of aryl methyl sites for hydroxylation is 3. The molecule has 0 saturated carbocycles. The van der Waals surface area contributed by atoms with Gasteiger partial charge in [-0.3, -0.25) is 4.79 Å². The van der Waals surface area contributed by atoms with Crippen LogP contribution in [0.15, 0.2) is 29.1 Å². The van der Waals surface area contributed by atoms with Gasteiger partial charge in [-0.25, -0.2) is 0 Å². The molecule has 1 aromatic heterocycles. The summed E-state index contributed by atoms with van der Waals surface area (Å²) < 4.78 is 1.71. The Morgan fingerprint density at radius 1 is 1.14 bits per heavy atom. The van der Waals surface area contributed by atoms with Crippen molar-refractivity contribution in [1.29, 1.82) is 0 Å². The van der Waals surface area contributed by atoms with E-state index in [1.807, 2.05) is 33.0 Å². The zero-order chi connectivity index (χ0) is 10.3. The Morgan fingerprint density at radius 3 is 2.57 bits per heavy atom. The molecule has 2 nitrogen and oxygen atoms in total. The van der Waals surface area contributed by atoms with E-state index in [2.05, 4.69) is 6.07 Å². The molecule has 0 spiro atoms. The van der Waals surface area contributed by atoms with Gasteiger partial charge < -0.3 is 4.57 Å². The van der Waals surface area contributed by atoms with Crippen LogP contribution in [0.5, 0.6) is 0 Å². The molecule has 0 N–H and O–H groups in total. The third-order valence-corrected chi connectivity index (χ3v) is 2.67. The van der Waals surface area contributed by atoms with Crippen molar-refractivity contribution in [3.8, 4) is 0 Å². The quantitative estimate of drug-likeness (QED) is 0.619. The molecule has 0 aliphatic carbocycles. The number of hydrogen-bond acceptors (Lipinski definition) is 1. The summed E-state index contributed by atoms with van der Waals surface area (Å²) in [6, 6.07) is 7.79. The molecule has 0 radical (unpaired) electrons. The van der Waals surface area contributed by atoms with Crippen molar-refractivity contribution in [3.63, 3.8) is 0 Å². The Labute approximate surface area is 82.8 Å². The zero-order valence-corrected chi connectivity index (χ0v) is 8.66. The van der Waals surface area contributed by atoms with Crippen LogP contribution in [-0.4, -0.2) is 4.57 Å². The number of para-hydroxylation sites is 1. The van der Waals surface area contributed by atoms with Crippen molar-refractivity contribution in [2.45, 2.75) is 13.8 Å². The smallest absolute Gasteiger partial charge is 0.251 e. The minimum Gasteiger partial charge on any atom is -0.311 e. The zero-order valence-electron chi connectivity index (χ0n) is 8.66. The molecule has 0 amide bonds. The molecule has 14 heavy (non-hydrogen) atoms. The maximum atomic E-state index is 11.6. The molecule has 0 aliphatic rings. The van der Waals surface area contributed by atoms with Gasteiger partial charge in [0.15, 0.2) is 0 Å². The molecule has 1 aromatic carbocycles. The van der Waals surface area contributed by atoms with Crippen molar-refractivity contribution in [3.05, 3.63) is 45.7 Å². The predicted molar refractivity (Wildman–Crippen MR) is 58.7 cm³/mol. The van der Waals surface area contributed by atoms with E-state index >= 15 is 0 Å². The summed E-state index contributed by atoms with van der Waals surface area (Å²) in [6.45, 7) is 4.00. The van der Waals surface area contributed by atoms with E-state index in [1.165, 1.54) is 0 Å². The number of aromatic nitrogens is 1. The van der Waals surface area contributed by atoms with E-state index in [-0.39, 0.29) is 5.56 Å². The van der Waals surface area contributed by atoms with E-state index in [0.717, 1.165) is 22.0 Å². The summed E-state index contributed by atoms with van der Waals surface area (Å²) in [5, 5.41) is 1.16. The molecule has 0 aliphatic heterocycles. The van der Waals surface area contributed by atoms with Gasteiger partial charge in [0.1, 0.15) is 0 Å². The lowest BCUT2D eigenvalue weighted by Gasteiger charge is -2.09. The third kappa shape index (κ3) is 1.15. The van der Waals surface area contributed by atoms with Gasteiger partial charge in [-0.2, -0.15) is 0 Å². The fraction of sp³-hybridized carbons (Fsp3) is 0.250. The van der Waals surface area contributed by atoms with Crippen LogP contribution in [0.4, 0.5) is 0 Å². The lowest BCUT2D eigenvalue weighted by atomic mass is 10.1. The Kier molecular flexibility index (Phi) is 1.92. The number of rotatable bonds is 0. The molecule has 72 valence electrons. The van der Waals surface area contributed by atoms with Crippen LogP contribution in [0, 0.1) is 13.8 Å². The van der Waals surface area contributed by atoms with E-state index in [1.54, 1.807) is 10.6 Å². The van der Waals surface area contributed by atoms with Crippen molar-refractivity contribution >= 4 is 10.9 Å². The van der Waals surface area contributed by atoms with Gasteiger partial charge >= 0.3 is 0 Å². The number of fused-ring (bicyclic) bond motifs is 1. The van der Waals surface area contributed by atoms with Crippen LogP contribution in [0.2, 0.25) is 0 Å². The Morgan fingerprint density at radius 2 is 1.86 bits per heavy atom. The normalized spacial score (nSPS) is 10.8. The molecule has 0 bridgehead atoms. The van der Waals surface area contributed by atoms with E-state index in [4.69, 9.17) is 0 Å². The van der Waals surface area contributed by atoms with Crippen LogP contribution < -0.4 is 5.56 Å². The molecule has 0 fully saturated rings. The highest BCUT2D eigenvalue weighted by Crippen LogP contribution is 2.18. The molecule has 2 aromatic rings. The van der Waals surface area contributed by atoms with Gasteiger partial charge in [-0.1, -0.05) is 18.2 Å². The first-order chi connectivity index (χ1) is 6.61. The Hall–Kier alpha value is -1.57. The monoisotopic (exact) mass is 187 g/mol. The highest BCUT2D eigenvalue weighted by atomic mass is 16.1. The molecule has 0 unspecified atom stereocenters. The topological polar surface area (TPSA) is 22.0 Å². The van der Waals surface area contributed by atoms with Gasteiger partial charge in [0.2, 0.25) is 0 Å². The molecular weight excluding hydrogens is 174 g/mol. The second kappa shape index (κ2) is 2.98.